The van der Waals surface area contributed by atoms with Gasteiger partial charge in [0.25, 0.3) is 0 Å². The van der Waals surface area contributed by atoms with Gasteiger partial charge in [-0.15, -0.1) is 0 Å². The normalized spacial score (nSPS) is 20.4. The van der Waals surface area contributed by atoms with Crippen LogP contribution >= 0.6 is 0 Å². The summed E-state index contributed by atoms with van der Waals surface area (Å²) in [5, 5.41) is 0. The maximum atomic E-state index is 13.6. The van der Waals surface area contributed by atoms with E-state index in [1.165, 1.54) is 0 Å². The Morgan fingerprint density at radius 1 is 1.47 bits per heavy atom. The molecule has 1 unspecified atom stereocenters. The first kappa shape index (κ1) is 12.0. The van der Waals surface area contributed by atoms with Crippen LogP contribution in [-0.2, 0) is 4.74 Å². The molecule has 0 radical (unpaired) electrons. The smallest absolute Gasteiger partial charge is 0.196 e. The zero-order chi connectivity index (χ0) is 12.3. The Morgan fingerprint density at radius 2 is 2.18 bits per heavy atom. The van der Waals surface area contributed by atoms with Crippen molar-refractivity contribution in [2.75, 3.05) is 24.7 Å². The maximum absolute atomic E-state index is 13.6. The number of alkyl halides is 1. The molecule has 1 aliphatic heterocycles. The summed E-state index contributed by atoms with van der Waals surface area (Å²) in [7, 11) is 0. The molecule has 0 aromatic heterocycles. The molecule has 1 heterocycles. The number of carbonyl (C=O) groups excluding carboxylic acids is 1. The summed E-state index contributed by atoms with van der Waals surface area (Å²) in [6, 6.07) is 7.09. The van der Waals surface area contributed by atoms with Crippen LogP contribution in [0.15, 0.2) is 24.3 Å². The fourth-order valence-corrected chi connectivity index (χ4v) is 1.91. The van der Waals surface area contributed by atoms with Crippen LogP contribution in [-0.4, -0.2) is 31.8 Å². The first-order valence-electron chi connectivity index (χ1n) is 5.84. The fraction of sp³-hybridized carbons (Fsp3) is 0.462. The molecule has 1 fully saturated rings. The quantitative estimate of drug-likeness (QED) is 0.597. The number of rotatable bonds is 3. The van der Waals surface area contributed by atoms with Gasteiger partial charge in [-0.2, -0.15) is 0 Å². The van der Waals surface area contributed by atoms with Gasteiger partial charge in [0.2, 0.25) is 0 Å². The van der Waals surface area contributed by atoms with Gasteiger partial charge in [0.15, 0.2) is 12.1 Å². The largest absolute Gasteiger partial charge is 0.375 e. The van der Waals surface area contributed by atoms with Crippen molar-refractivity contribution in [1.29, 1.82) is 0 Å². The number of ketones is 1. The Hall–Kier alpha value is -1.42. The van der Waals surface area contributed by atoms with Gasteiger partial charge in [-0.3, -0.25) is 4.79 Å². The van der Waals surface area contributed by atoms with E-state index in [4.69, 9.17) is 4.74 Å². The zero-order valence-corrected chi connectivity index (χ0v) is 9.86. The van der Waals surface area contributed by atoms with Crippen LogP contribution < -0.4 is 4.90 Å². The average molecular weight is 237 g/mol. The highest BCUT2D eigenvalue weighted by Gasteiger charge is 2.22. The monoisotopic (exact) mass is 237 g/mol. The lowest BCUT2D eigenvalue weighted by molar-refractivity contribution is 0.0496. The molecule has 1 aromatic rings. The molecule has 2 rings (SSSR count). The van der Waals surface area contributed by atoms with Crippen molar-refractivity contribution < 1.29 is 13.9 Å². The second-order valence-electron chi connectivity index (χ2n) is 4.03. The molecule has 0 N–H and O–H groups in total. The Balaban J connectivity index is 2.14. The van der Waals surface area contributed by atoms with Crippen molar-refractivity contribution in [2.45, 2.75) is 19.6 Å². The lowest BCUT2D eigenvalue weighted by Crippen LogP contribution is -2.42. The van der Waals surface area contributed by atoms with Gasteiger partial charge in [-0.1, -0.05) is 6.92 Å². The van der Waals surface area contributed by atoms with Gasteiger partial charge in [0.1, 0.15) is 0 Å². The van der Waals surface area contributed by atoms with Crippen LogP contribution in [0.2, 0.25) is 0 Å². The molecule has 0 saturated carbocycles. The predicted octanol–water partition coefficient (Wildman–Crippen LogP) is 2.41. The molecule has 1 atom stereocenters. The summed E-state index contributed by atoms with van der Waals surface area (Å²) in [5.41, 5.74) is 1.48. The van der Waals surface area contributed by atoms with Gasteiger partial charge in [-0.25, -0.2) is 4.39 Å². The highest BCUT2D eigenvalue weighted by Crippen LogP contribution is 2.21. The number of halogens is 1. The molecule has 0 aliphatic carbocycles. The molecule has 0 amide bonds. The Kier molecular flexibility index (Phi) is 3.74. The van der Waals surface area contributed by atoms with E-state index in [0.717, 1.165) is 5.69 Å². The van der Waals surface area contributed by atoms with Gasteiger partial charge in [0.05, 0.1) is 13.2 Å². The Bertz CT molecular complexity index is 391. The number of hydrogen-bond donors (Lipinski definition) is 0. The number of nitrogens with zero attached hydrogens (tertiary/aromatic N) is 1. The van der Waals surface area contributed by atoms with Gasteiger partial charge in [0, 0.05) is 24.2 Å². The van der Waals surface area contributed by atoms with E-state index in [0.29, 0.717) is 25.1 Å². The van der Waals surface area contributed by atoms with Crippen LogP contribution in [0.4, 0.5) is 10.1 Å². The minimum Gasteiger partial charge on any atom is -0.375 e. The molecular formula is C13H16FNO2. The number of morpholine rings is 1. The van der Waals surface area contributed by atoms with Gasteiger partial charge in [-0.05, 0) is 24.3 Å². The van der Waals surface area contributed by atoms with Crippen molar-refractivity contribution in [1.82, 2.24) is 0 Å². The van der Waals surface area contributed by atoms with Gasteiger partial charge >= 0.3 is 0 Å². The second-order valence-corrected chi connectivity index (χ2v) is 4.03. The summed E-state index contributed by atoms with van der Waals surface area (Å²) >= 11 is 0. The van der Waals surface area contributed by atoms with Crippen molar-refractivity contribution in [3.05, 3.63) is 29.8 Å². The predicted molar refractivity (Wildman–Crippen MR) is 64.1 cm³/mol. The first-order valence-corrected chi connectivity index (χ1v) is 5.84. The first-order chi connectivity index (χ1) is 8.22. The molecule has 1 aliphatic rings. The molecule has 3 nitrogen and oxygen atoms in total. The summed E-state index contributed by atoms with van der Waals surface area (Å²) in [5.74, 6) is 0.107. The SMILES string of the molecule is CCC(=O)c1ccc(N2CCOCC2F)cc1. The van der Waals surface area contributed by atoms with E-state index in [1.54, 1.807) is 29.2 Å². The van der Waals surface area contributed by atoms with Gasteiger partial charge < -0.3 is 9.64 Å². The van der Waals surface area contributed by atoms with Crippen LogP contribution in [0, 0.1) is 0 Å². The molecule has 4 heteroatoms. The molecule has 0 bridgehead atoms. The topological polar surface area (TPSA) is 29.5 Å². The number of anilines is 1. The van der Waals surface area contributed by atoms with E-state index in [1.807, 2.05) is 6.92 Å². The molecule has 0 spiro atoms. The van der Waals surface area contributed by atoms with E-state index in [9.17, 15) is 9.18 Å². The highest BCUT2D eigenvalue weighted by molar-refractivity contribution is 5.96. The lowest BCUT2D eigenvalue weighted by atomic mass is 10.1. The fourth-order valence-electron chi connectivity index (χ4n) is 1.91. The number of hydrogen-bond acceptors (Lipinski definition) is 3. The number of Topliss-reactive ketones (excluding diaryl/α,β-unsaturated/α-hetero) is 1. The molecule has 17 heavy (non-hydrogen) atoms. The second kappa shape index (κ2) is 5.27. The van der Waals surface area contributed by atoms with Crippen LogP contribution in [0.25, 0.3) is 0 Å². The van der Waals surface area contributed by atoms with Crippen molar-refractivity contribution in [3.63, 3.8) is 0 Å². The summed E-state index contributed by atoms with van der Waals surface area (Å²) in [4.78, 5) is 13.1. The summed E-state index contributed by atoms with van der Waals surface area (Å²) in [6.07, 6.45) is -0.612. The molecule has 1 saturated heterocycles. The number of carbonyl (C=O) groups is 1. The third-order valence-electron chi connectivity index (χ3n) is 2.91. The minimum atomic E-state index is -1.10. The van der Waals surface area contributed by atoms with E-state index in [-0.39, 0.29) is 12.4 Å². The van der Waals surface area contributed by atoms with Crippen molar-refractivity contribution >= 4 is 11.5 Å². The zero-order valence-electron chi connectivity index (χ0n) is 9.86. The van der Waals surface area contributed by atoms with Crippen LogP contribution in [0.5, 0.6) is 0 Å². The van der Waals surface area contributed by atoms with E-state index >= 15 is 0 Å². The summed E-state index contributed by atoms with van der Waals surface area (Å²) in [6.45, 7) is 3.02. The van der Waals surface area contributed by atoms with Crippen LogP contribution in [0.1, 0.15) is 23.7 Å². The molecular weight excluding hydrogens is 221 g/mol. The lowest BCUT2D eigenvalue weighted by Gasteiger charge is -2.32. The molecule has 1 aromatic carbocycles. The van der Waals surface area contributed by atoms with E-state index < -0.39 is 6.30 Å². The Morgan fingerprint density at radius 3 is 2.76 bits per heavy atom. The third kappa shape index (κ3) is 2.64. The van der Waals surface area contributed by atoms with Crippen molar-refractivity contribution in [3.8, 4) is 0 Å². The maximum Gasteiger partial charge on any atom is 0.196 e. The standard InChI is InChI=1S/C13H16FNO2/c1-2-12(16)10-3-5-11(6-4-10)15-7-8-17-9-13(15)14/h3-6,13H,2,7-9H2,1H3. The minimum absolute atomic E-state index is 0.107. The summed E-state index contributed by atoms with van der Waals surface area (Å²) < 4.78 is 18.6. The van der Waals surface area contributed by atoms with Crippen LogP contribution in [0.3, 0.4) is 0 Å². The number of ether oxygens (including phenoxy) is 1. The highest BCUT2D eigenvalue weighted by atomic mass is 19.1. The number of benzene rings is 1. The third-order valence-corrected chi connectivity index (χ3v) is 2.91. The Labute approximate surface area is 100 Å². The molecule has 92 valence electrons. The average Bonchev–Trinajstić information content (AvgIpc) is 2.39. The van der Waals surface area contributed by atoms with Crippen molar-refractivity contribution in [2.24, 2.45) is 0 Å². The van der Waals surface area contributed by atoms with E-state index in [2.05, 4.69) is 0 Å².